The topological polar surface area (TPSA) is 90.0 Å². The van der Waals surface area contributed by atoms with Gasteiger partial charge in [-0.2, -0.15) is 10.2 Å². The van der Waals surface area contributed by atoms with Crippen LogP contribution in [0.5, 0.6) is 0 Å². The summed E-state index contributed by atoms with van der Waals surface area (Å²) in [6.45, 7) is 5.93. The number of para-hydroxylation sites is 1. The predicted molar refractivity (Wildman–Crippen MR) is 156 cm³/mol. The Balaban J connectivity index is 1.30. The number of nitrogens with one attached hydrogen (secondary N) is 1. The molecular weight excluding hydrogens is 530 g/mol. The van der Waals surface area contributed by atoms with Gasteiger partial charge in [-0.25, -0.2) is 10.1 Å². The van der Waals surface area contributed by atoms with Crippen LogP contribution in [0.15, 0.2) is 89.1 Å². The number of hydrogen-bond donors (Lipinski definition) is 1. The van der Waals surface area contributed by atoms with E-state index in [-0.39, 0.29) is 11.7 Å². The van der Waals surface area contributed by atoms with E-state index in [0.717, 1.165) is 39.5 Å². The van der Waals surface area contributed by atoms with Gasteiger partial charge in [0.1, 0.15) is 0 Å². The average Bonchev–Trinajstić information content (AvgIpc) is 3.49. The van der Waals surface area contributed by atoms with Gasteiger partial charge in [0.05, 0.1) is 29.0 Å². The molecule has 2 heterocycles. The largest absolute Gasteiger partial charge is 0.272 e. The molecule has 39 heavy (non-hydrogen) atoms. The number of carbonyl (C=O) groups excluding carboxylic acids is 1. The monoisotopic (exact) mass is 555 g/mol. The van der Waals surface area contributed by atoms with E-state index in [0.29, 0.717) is 16.0 Å². The predicted octanol–water partition coefficient (Wildman–Crippen LogP) is 5.94. The zero-order chi connectivity index (χ0) is 27.4. The van der Waals surface area contributed by atoms with Crippen molar-refractivity contribution in [1.82, 2.24) is 30.0 Å². The van der Waals surface area contributed by atoms with Crippen LogP contribution in [-0.4, -0.2) is 42.4 Å². The van der Waals surface area contributed by atoms with Crippen LogP contribution in [0, 0.1) is 20.8 Å². The molecule has 5 aromatic rings. The average molecular weight is 556 g/mol. The normalized spacial score (nSPS) is 11.3. The number of nitrogens with zero attached hydrogens (tertiary/aromatic N) is 6. The molecule has 0 saturated heterocycles. The second-order valence-corrected chi connectivity index (χ2v) is 10.3. The van der Waals surface area contributed by atoms with Crippen LogP contribution in [0.3, 0.4) is 0 Å². The number of hydrazone groups is 1. The Hall–Kier alpha value is -4.21. The zero-order valence-electron chi connectivity index (χ0n) is 21.7. The summed E-state index contributed by atoms with van der Waals surface area (Å²) < 4.78 is 3.79. The Morgan fingerprint density at radius 3 is 2.38 bits per heavy atom. The van der Waals surface area contributed by atoms with Crippen LogP contribution in [0.25, 0.3) is 22.8 Å². The van der Waals surface area contributed by atoms with Crippen molar-refractivity contribution in [2.75, 3.05) is 5.75 Å². The van der Waals surface area contributed by atoms with E-state index in [1.54, 1.807) is 6.21 Å². The number of hydrogen-bond acceptors (Lipinski definition) is 6. The third-order valence-corrected chi connectivity index (χ3v) is 7.27. The first-order valence-electron chi connectivity index (χ1n) is 12.3. The second kappa shape index (κ2) is 11.7. The maximum absolute atomic E-state index is 12.7. The highest BCUT2D eigenvalue weighted by molar-refractivity contribution is 7.99. The van der Waals surface area contributed by atoms with Crippen LogP contribution >= 0.6 is 23.4 Å². The fourth-order valence-electron chi connectivity index (χ4n) is 4.07. The highest BCUT2D eigenvalue weighted by atomic mass is 35.5. The Morgan fingerprint density at radius 1 is 0.949 bits per heavy atom. The number of thioether (sulfide) groups is 1. The number of halogens is 1. The van der Waals surface area contributed by atoms with E-state index in [2.05, 4.69) is 25.8 Å². The quantitative estimate of drug-likeness (QED) is 0.145. The summed E-state index contributed by atoms with van der Waals surface area (Å²) in [6.07, 6.45) is 1.63. The summed E-state index contributed by atoms with van der Waals surface area (Å²) >= 11 is 7.40. The molecule has 0 aliphatic heterocycles. The number of rotatable bonds is 8. The molecule has 10 heteroatoms. The number of amides is 1. The first kappa shape index (κ1) is 26.4. The lowest BCUT2D eigenvalue weighted by atomic mass is 10.1. The summed E-state index contributed by atoms with van der Waals surface area (Å²) in [7, 11) is 0. The Kier molecular flexibility index (Phi) is 7.90. The highest BCUT2D eigenvalue weighted by Crippen LogP contribution is 2.29. The molecule has 1 amide bonds. The second-order valence-electron chi connectivity index (χ2n) is 8.90. The van der Waals surface area contributed by atoms with Gasteiger partial charge < -0.3 is 0 Å². The molecular formula is C29H26ClN7OS. The molecule has 0 aliphatic rings. The lowest BCUT2D eigenvalue weighted by Gasteiger charge is -2.10. The fourth-order valence-corrected chi connectivity index (χ4v) is 4.94. The van der Waals surface area contributed by atoms with Gasteiger partial charge in [-0.3, -0.25) is 9.36 Å². The van der Waals surface area contributed by atoms with Gasteiger partial charge >= 0.3 is 0 Å². The van der Waals surface area contributed by atoms with Gasteiger partial charge in [0, 0.05) is 21.8 Å². The number of aromatic nitrogens is 5. The molecule has 0 unspecified atom stereocenters. The van der Waals surface area contributed by atoms with Crippen molar-refractivity contribution in [2.24, 2.45) is 5.10 Å². The number of aryl methyl sites for hydroxylation is 2. The van der Waals surface area contributed by atoms with Crippen LogP contribution in [0.2, 0.25) is 5.02 Å². The molecule has 3 aromatic carbocycles. The van der Waals surface area contributed by atoms with Crippen molar-refractivity contribution in [3.05, 3.63) is 106 Å². The van der Waals surface area contributed by atoms with Crippen molar-refractivity contribution >= 4 is 35.5 Å². The third kappa shape index (κ3) is 5.94. The minimum atomic E-state index is -0.260. The lowest BCUT2D eigenvalue weighted by molar-refractivity contribution is -0.118. The summed E-state index contributed by atoms with van der Waals surface area (Å²) in [5.74, 6) is 0.530. The third-order valence-electron chi connectivity index (χ3n) is 6.09. The molecule has 0 fully saturated rings. The highest BCUT2D eigenvalue weighted by Gasteiger charge is 2.17. The van der Waals surface area contributed by atoms with E-state index >= 15 is 0 Å². The maximum Gasteiger partial charge on any atom is 0.250 e. The van der Waals surface area contributed by atoms with Crippen molar-refractivity contribution < 1.29 is 4.79 Å². The first-order chi connectivity index (χ1) is 18.9. The molecule has 1 N–H and O–H groups in total. The van der Waals surface area contributed by atoms with Gasteiger partial charge in [-0.1, -0.05) is 71.4 Å². The molecule has 0 aliphatic carbocycles. The lowest BCUT2D eigenvalue weighted by Crippen LogP contribution is -2.20. The molecule has 0 atom stereocenters. The molecule has 5 rings (SSSR count). The SMILES string of the molecule is Cc1ccc(-c2nnc(SCC(=O)N/N=C/c3c(C)nn(-c4ccccc4)c3C)n2-c2ccc(Cl)cc2)cc1. The van der Waals surface area contributed by atoms with E-state index < -0.39 is 0 Å². The fraction of sp³-hybridized carbons (Fsp3) is 0.138. The summed E-state index contributed by atoms with van der Waals surface area (Å²) in [5.41, 5.74) is 9.12. The van der Waals surface area contributed by atoms with Crippen LogP contribution < -0.4 is 5.43 Å². The molecule has 0 spiro atoms. The van der Waals surface area contributed by atoms with Gasteiger partial charge in [0.15, 0.2) is 11.0 Å². The smallest absolute Gasteiger partial charge is 0.250 e. The van der Waals surface area contributed by atoms with Crippen molar-refractivity contribution in [3.63, 3.8) is 0 Å². The van der Waals surface area contributed by atoms with Gasteiger partial charge in [-0.05, 0) is 57.2 Å². The van der Waals surface area contributed by atoms with Crippen molar-refractivity contribution in [1.29, 1.82) is 0 Å². The van der Waals surface area contributed by atoms with Gasteiger partial charge in [0.2, 0.25) is 0 Å². The van der Waals surface area contributed by atoms with Crippen molar-refractivity contribution in [3.8, 4) is 22.8 Å². The van der Waals surface area contributed by atoms with E-state index in [1.807, 2.05) is 109 Å². The van der Waals surface area contributed by atoms with Crippen molar-refractivity contribution in [2.45, 2.75) is 25.9 Å². The molecule has 2 aromatic heterocycles. The summed E-state index contributed by atoms with van der Waals surface area (Å²) in [4.78, 5) is 12.7. The molecule has 0 saturated carbocycles. The number of carbonyl (C=O) groups is 1. The minimum Gasteiger partial charge on any atom is -0.272 e. The zero-order valence-corrected chi connectivity index (χ0v) is 23.2. The Bertz CT molecular complexity index is 1630. The summed E-state index contributed by atoms with van der Waals surface area (Å²) in [6, 6.07) is 25.4. The molecule has 8 nitrogen and oxygen atoms in total. The molecule has 0 bridgehead atoms. The van der Waals surface area contributed by atoms with E-state index in [9.17, 15) is 4.79 Å². The number of benzene rings is 3. The molecule has 0 radical (unpaired) electrons. The first-order valence-corrected chi connectivity index (χ1v) is 13.6. The van der Waals surface area contributed by atoms with Gasteiger partial charge in [0.25, 0.3) is 5.91 Å². The van der Waals surface area contributed by atoms with Gasteiger partial charge in [-0.15, -0.1) is 10.2 Å². The maximum atomic E-state index is 12.7. The minimum absolute atomic E-state index is 0.109. The summed E-state index contributed by atoms with van der Waals surface area (Å²) in [5, 5.41) is 18.8. The standard InChI is InChI=1S/C29H26ClN7OS/c1-19-9-11-22(12-10-19)28-33-34-29(36(28)24-15-13-23(30)14-16-24)39-18-27(38)32-31-17-26-20(2)35-37(21(26)3)25-7-5-4-6-8-25/h4-17H,18H2,1-3H3,(H,32,38)/b31-17+. The Morgan fingerprint density at radius 2 is 1.67 bits per heavy atom. The molecule has 196 valence electrons. The van der Waals surface area contributed by atoms with Crippen LogP contribution in [0.1, 0.15) is 22.5 Å². The van der Waals surface area contributed by atoms with Crippen LogP contribution in [-0.2, 0) is 4.79 Å². The Labute approximate surface area is 235 Å². The van der Waals surface area contributed by atoms with E-state index in [4.69, 9.17) is 11.6 Å². The van der Waals surface area contributed by atoms with Crippen LogP contribution in [0.4, 0.5) is 0 Å². The van der Waals surface area contributed by atoms with E-state index in [1.165, 1.54) is 11.8 Å².